The van der Waals surface area contributed by atoms with E-state index in [1.165, 1.54) is 6.42 Å². The summed E-state index contributed by atoms with van der Waals surface area (Å²) in [5, 5.41) is 0. The van der Waals surface area contributed by atoms with Gasteiger partial charge in [-0.3, -0.25) is 9.69 Å². The Morgan fingerprint density at radius 3 is 2.93 bits per heavy atom. The van der Waals surface area contributed by atoms with Gasteiger partial charge in [0.1, 0.15) is 5.78 Å². The van der Waals surface area contributed by atoms with E-state index in [1.807, 2.05) is 0 Å². The molecule has 0 bridgehead atoms. The van der Waals surface area contributed by atoms with Crippen LogP contribution in [-0.2, 0) is 9.53 Å². The van der Waals surface area contributed by atoms with E-state index >= 15 is 0 Å². The minimum absolute atomic E-state index is 0.00386. The number of Topliss-reactive ketones (excluding diaryl/α,β-unsaturated/α-hetero) is 1. The number of likely N-dealkylation sites (tertiary alicyclic amines) is 1. The van der Waals surface area contributed by atoms with Crippen molar-refractivity contribution in [1.82, 2.24) is 4.90 Å². The molecule has 3 heteroatoms. The van der Waals surface area contributed by atoms with Crippen molar-refractivity contribution in [2.75, 3.05) is 20.2 Å². The fourth-order valence-electron chi connectivity index (χ4n) is 2.83. The summed E-state index contributed by atoms with van der Waals surface area (Å²) < 4.78 is 5.57. The lowest BCUT2D eigenvalue weighted by molar-refractivity contribution is -0.118. The number of hydrogen-bond donors (Lipinski definition) is 0. The van der Waals surface area contributed by atoms with Crippen molar-refractivity contribution in [2.45, 2.75) is 50.7 Å². The van der Waals surface area contributed by atoms with E-state index in [0.29, 0.717) is 11.8 Å². The molecule has 1 heterocycles. The smallest absolute Gasteiger partial charge is 0.134 e. The molecule has 1 saturated carbocycles. The Morgan fingerprint density at radius 1 is 1.53 bits per heavy atom. The average molecular weight is 211 g/mol. The Labute approximate surface area is 91.8 Å². The summed E-state index contributed by atoms with van der Waals surface area (Å²) >= 11 is 0. The van der Waals surface area contributed by atoms with E-state index in [2.05, 4.69) is 11.8 Å². The molecule has 1 aliphatic heterocycles. The van der Waals surface area contributed by atoms with Crippen molar-refractivity contribution in [3.8, 4) is 0 Å². The molecule has 0 aromatic heterocycles. The second-order valence-electron chi connectivity index (χ2n) is 5.16. The van der Waals surface area contributed by atoms with Crippen LogP contribution in [0.4, 0.5) is 0 Å². The number of ether oxygens (including phenoxy) is 1. The lowest BCUT2D eigenvalue weighted by Gasteiger charge is -2.42. The Hall–Kier alpha value is -0.410. The van der Waals surface area contributed by atoms with Gasteiger partial charge in [-0.25, -0.2) is 0 Å². The second kappa shape index (κ2) is 4.22. The number of carbonyl (C=O) groups is 1. The van der Waals surface area contributed by atoms with Crippen LogP contribution in [-0.4, -0.2) is 42.5 Å². The number of rotatable bonds is 2. The van der Waals surface area contributed by atoms with Gasteiger partial charge in [0.2, 0.25) is 0 Å². The van der Waals surface area contributed by atoms with E-state index in [9.17, 15) is 4.79 Å². The first-order valence-corrected chi connectivity index (χ1v) is 5.94. The van der Waals surface area contributed by atoms with Gasteiger partial charge in [-0.2, -0.15) is 0 Å². The molecular weight excluding hydrogens is 190 g/mol. The summed E-state index contributed by atoms with van der Waals surface area (Å²) in [6.45, 7) is 4.30. The van der Waals surface area contributed by atoms with Crippen LogP contribution in [0.1, 0.15) is 39.0 Å². The third kappa shape index (κ3) is 2.40. The standard InChI is InChI=1S/C12H21NO2/c1-12(15-2)6-3-7-13(9-12)10-4-5-11(14)8-10/h10H,3-9H2,1-2H3. The highest BCUT2D eigenvalue weighted by atomic mass is 16.5. The highest BCUT2D eigenvalue weighted by molar-refractivity contribution is 5.81. The molecule has 15 heavy (non-hydrogen) atoms. The van der Waals surface area contributed by atoms with E-state index in [-0.39, 0.29) is 5.60 Å². The van der Waals surface area contributed by atoms with E-state index in [0.717, 1.165) is 38.8 Å². The predicted molar refractivity (Wildman–Crippen MR) is 58.9 cm³/mol. The molecule has 0 aromatic carbocycles. The molecule has 0 radical (unpaired) electrons. The molecule has 86 valence electrons. The van der Waals surface area contributed by atoms with Crippen molar-refractivity contribution < 1.29 is 9.53 Å². The van der Waals surface area contributed by atoms with Gasteiger partial charge in [0.05, 0.1) is 5.60 Å². The molecule has 0 N–H and O–H groups in total. The van der Waals surface area contributed by atoms with E-state index in [4.69, 9.17) is 4.74 Å². The fourth-order valence-corrected chi connectivity index (χ4v) is 2.83. The summed E-state index contributed by atoms with van der Waals surface area (Å²) in [5.74, 6) is 0.435. The molecule has 3 nitrogen and oxygen atoms in total. The topological polar surface area (TPSA) is 29.5 Å². The van der Waals surface area contributed by atoms with E-state index in [1.54, 1.807) is 7.11 Å². The molecule has 2 unspecified atom stereocenters. The zero-order valence-corrected chi connectivity index (χ0v) is 9.79. The summed E-state index contributed by atoms with van der Waals surface area (Å²) in [4.78, 5) is 13.7. The number of carbonyl (C=O) groups excluding carboxylic acids is 1. The molecule has 2 aliphatic rings. The molecule has 0 amide bonds. The van der Waals surface area contributed by atoms with Gasteiger partial charge in [-0.05, 0) is 32.7 Å². The van der Waals surface area contributed by atoms with Crippen molar-refractivity contribution >= 4 is 5.78 Å². The van der Waals surface area contributed by atoms with Gasteiger partial charge in [-0.15, -0.1) is 0 Å². The molecular formula is C12H21NO2. The Morgan fingerprint density at radius 2 is 2.33 bits per heavy atom. The minimum atomic E-state index is 0.00386. The summed E-state index contributed by atoms with van der Waals surface area (Å²) in [7, 11) is 1.79. The molecule has 1 saturated heterocycles. The Balaban J connectivity index is 1.95. The maximum Gasteiger partial charge on any atom is 0.134 e. The maximum atomic E-state index is 11.3. The van der Waals surface area contributed by atoms with Crippen molar-refractivity contribution in [2.24, 2.45) is 0 Å². The largest absolute Gasteiger partial charge is 0.377 e. The molecule has 2 fully saturated rings. The van der Waals surface area contributed by atoms with Crippen molar-refractivity contribution in [1.29, 1.82) is 0 Å². The number of methoxy groups -OCH3 is 1. The summed E-state index contributed by atoms with van der Waals surface area (Å²) in [5.41, 5.74) is 0.00386. The van der Waals surface area contributed by atoms with Gasteiger partial charge >= 0.3 is 0 Å². The van der Waals surface area contributed by atoms with Crippen molar-refractivity contribution in [3.05, 3.63) is 0 Å². The normalized spacial score (nSPS) is 38.5. The molecule has 1 aliphatic carbocycles. The molecule has 0 spiro atoms. The number of piperidine rings is 1. The fraction of sp³-hybridized carbons (Fsp3) is 0.917. The average Bonchev–Trinajstić information content (AvgIpc) is 2.65. The van der Waals surface area contributed by atoms with Crippen LogP contribution in [0.25, 0.3) is 0 Å². The highest BCUT2D eigenvalue weighted by Gasteiger charge is 2.36. The van der Waals surface area contributed by atoms with Crippen LogP contribution >= 0.6 is 0 Å². The van der Waals surface area contributed by atoms with Crippen LogP contribution in [0.3, 0.4) is 0 Å². The number of hydrogen-bond acceptors (Lipinski definition) is 3. The minimum Gasteiger partial charge on any atom is -0.377 e. The SMILES string of the molecule is COC1(C)CCCN(C2CCC(=O)C2)C1. The van der Waals surface area contributed by atoms with Gasteiger partial charge in [0, 0.05) is 32.5 Å². The Kier molecular flexibility index (Phi) is 3.12. The first kappa shape index (κ1) is 11.1. The maximum absolute atomic E-state index is 11.3. The van der Waals surface area contributed by atoms with Gasteiger partial charge in [0.25, 0.3) is 0 Å². The van der Waals surface area contributed by atoms with Gasteiger partial charge < -0.3 is 4.74 Å². The quantitative estimate of drug-likeness (QED) is 0.695. The lowest BCUT2D eigenvalue weighted by atomic mass is 9.93. The van der Waals surface area contributed by atoms with Gasteiger partial charge in [-0.1, -0.05) is 0 Å². The highest BCUT2D eigenvalue weighted by Crippen LogP contribution is 2.29. The third-order valence-corrected chi connectivity index (χ3v) is 3.92. The second-order valence-corrected chi connectivity index (χ2v) is 5.16. The first-order chi connectivity index (χ1) is 7.13. The van der Waals surface area contributed by atoms with Gasteiger partial charge in [0.15, 0.2) is 0 Å². The number of nitrogens with zero attached hydrogens (tertiary/aromatic N) is 1. The summed E-state index contributed by atoms with van der Waals surface area (Å²) in [6, 6.07) is 0.493. The molecule has 2 atom stereocenters. The number of ketones is 1. The van der Waals surface area contributed by atoms with E-state index < -0.39 is 0 Å². The molecule has 2 rings (SSSR count). The zero-order valence-electron chi connectivity index (χ0n) is 9.79. The Bertz CT molecular complexity index is 254. The summed E-state index contributed by atoms with van der Waals surface area (Å²) in [6.07, 6.45) is 4.93. The van der Waals surface area contributed by atoms with Crippen LogP contribution in [0.15, 0.2) is 0 Å². The van der Waals surface area contributed by atoms with Crippen LogP contribution in [0.5, 0.6) is 0 Å². The first-order valence-electron chi connectivity index (χ1n) is 5.94. The van der Waals surface area contributed by atoms with Crippen LogP contribution < -0.4 is 0 Å². The van der Waals surface area contributed by atoms with Crippen LogP contribution in [0, 0.1) is 0 Å². The molecule has 0 aromatic rings. The predicted octanol–water partition coefficient (Wildman–Crippen LogP) is 1.61. The lowest BCUT2D eigenvalue weighted by Crippen LogP contribution is -2.50. The third-order valence-electron chi connectivity index (χ3n) is 3.92. The monoisotopic (exact) mass is 211 g/mol. The van der Waals surface area contributed by atoms with Crippen LogP contribution in [0.2, 0.25) is 0 Å². The zero-order chi connectivity index (χ0) is 10.9. The van der Waals surface area contributed by atoms with Crippen molar-refractivity contribution in [3.63, 3.8) is 0 Å².